The standard InChI is InChI=1S/C8H4BrN3/c9-7-3-6(4-10)12-5-11-2-1-8(7)12/h1-3,5H. The van der Waals surface area contributed by atoms with Gasteiger partial charge >= 0.3 is 0 Å². The maximum Gasteiger partial charge on any atom is 0.127 e. The molecule has 0 aromatic carbocycles. The smallest absolute Gasteiger partial charge is 0.127 e. The van der Waals surface area contributed by atoms with Gasteiger partial charge in [0, 0.05) is 10.7 Å². The number of fused-ring (bicyclic) bond motifs is 1. The molecule has 0 saturated heterocycles. The first kappa shape index (κ1) is 7.32. The Balaban J connectivity index is 2.94. The summed E-state index contributed by atoms with van der Waals surface area (Å²) in [6.07, 6.45) is 3.32. The van der Waals surface area contributed by atoms with Crippen LogP contribution in [0.25, 0.3) is 5.52 Å². The van der Waals surface area contributed by atoms with Crippen LogP contribution < -0.4 is 0 Å². The molecule has 4 heteroatoms. The summed E-state index contributed by atoms with van der Waals surface area (Å²) in [5.41, 5.74) is 1.55. The fourth-order valence-corrected chi connectivity index (χ4v) is 1.64. The molecule has 3 nitrogen and oxygen atoms in total. The van der Waals surface area contributed by atoms with E-state index >= 15 is 0 Å². The number of nitriles is 1. The lowest BCUT2D eigenvalue weighted by atomic mass is 10.5. The summed E-state index contributed by atoms with van der Waals surface area (Å²) in [7, 11) is 0. The van der Waals surface area contributed by atoms with Crippen molar-refractivity contribution in [2.75, 3.05) is 0 Å². The second kappa shape index (κ2) is 2.61. The molecule has 0 atom stereocenters. The maximum absolute atomic E-state index is 8.73. The highest BCUT2D eigenvalue weighted by atomic mass is 79.9. The second-order valence-corrected chi connectivity index (χ2v) is 3.18. The van der Waals surface area contributed by atoms with E-state index in [4.69, 9.17) is 5.26 Å². The zero-order chi connectivity index (χ0) is 8.55. The molecule has 0 aliphatic rings. The first-order valence-electron chi connectivity index (χ1n) is 3.33. The van der Waals surface area contributed by atoms with Gasteiger partial charge in [0.25, 0.3) is 0 Å². The summed E-state index contributed by atoms with van der Waals surface area (Å²) in [5.74, 6) is 0. The van der Waals surface area contributed by atoms with Crippen LogP contribution in [0.1, 0.15) is 5.69 Å². The zero-order valence-electron chi connectivity index (χ0n) is 6.03. The topological polar surface area (TPSA) is 41.1 Å². The Kier molecular flexibility index (Phi) is 1.59. The molecule has 58 valence electrons. The van der Waals surface area contributed by atoms with E-state index < -0.39 is 0 Å². The van der Waals surface area contributed by atoms with Gasteiger partial charge in [-0.3, -0.25) is 4.40 Å². The number of halogens is 1. The normalized spacial score (nSPS) is 10.0. The van der Waals surface area contributed by atoms with Crippen LogP contribution in [0.3, 0.4) is 0 Å². The van der Waals surface area contributed by atoms with Crippen LogP contribution in [-0.2, 0) is 0 Å². The molecule has 0 radical (unpaired) electrons. The summed E-state index contributed by atoms with van der Waals surface area (Å²) in [6.45, 7) is 0. The summed E-state index contributed by atoms with van der Waals surface area (Å²) < 4.78 is 2.66. The Morgan fingerprint density at radius 2 is 2.42 bits per heavy atom. The van der Waals surface area contributed by atoms with E-state index in [-0.39, 0.29) is 0 Å². The van der Waals surface area contributed by atoms with Crippen LogP contribution in [0.5, 0.6) is 0 Å². The molecule has 0 aliphatic heterocycles. The van der Waals surface area contributed by atoms with Gasteiger partial charge in [0.05, 0.1) is 5.52 Å². The van der Waals surface area contributed by atoms with Gasteiger partial charge in [0.1, 0.15) is 18.1 Å². The summed E-state index contributed by atoms with van der Waals surface area (Å²) >= 11 is 3.36. The Labute approximate surface area is 77.4 Å². The van der Waals surface area contributed by atoms with Gasteiger partial charge in [0.2, 0.25) is 0 Å². The van der Waals surface area contributed by atoms with Gasteiger partial charge in [-0.1, -0.05) is 0 Å². The highest BCUT2D eigenvalue weighted by molar-refractivity contribution is 9.10. The maximum atomic E-state index is 8.73. The minimum absolute atomic E-state index is 0.588. The number of hydrogen-bond acceptors (Lipinski definition) is 2. The molecule has 0 fully saturated rings. The minimum atomic E-state index is 0.588. The average molecular weight is 222 g/mol. The van der Waals surface area contributed by atoms with Crippen molar-refractivity contribution in [3.05, 3.63) is 34.8 Å². The van der Waals surface area contributed by atoms with E-state index in [0.717, 1.165) is 9.99 Å². The monoisotopic (exact) mass is 221 g/mol. The van der Waals surface area contributed by atoms with E-state index in [9.17, 15) is 0 Å². The SMILES string of the molecule is N#Cc1cc(Br)c2ccncn12. The van der Waals surface area contributed by atoms with Crippen molar-refractivity contribution in [3.8, 4) is 6.07 Å². The van der Waals surface area contributed by atoms with Crippen molar-refractivity contribution in [1.29, 1.82) is 5.26 Å². The summed E-state index contributed by atoms with van der Waals surface area (Å²) in [4.78, 5) is 3.93. The fourth-order valence-electron chi connectivity index (χ4n) is 1.10. The van der Waals surface area contributed by atoms with Gasteiger partial charge in [-0.15, -0.1) is 0 Å². The number of hydrogen-bond donors (Lipinski definition) is 0. The van der Waals surface area contributed by atoms with Gasteiger partial charge in [-0.25, -0.2) is 4.98 Å². The zero-order valence-corrected chi connectivity index (χ0v) is 7.62. The molecule has 12 heavy (non-hydrogen) atoms. The Hall–Kier alpha value is -1.34. The molecule has 2 heterocycles. The van der Waals surface area contributed by atoms with Gasteiger partial charge in [0.15, 0.2) is 0 Å². The average Bonchev–Trinajstić information content (AvgIpc) is 2.44. The first-order chi connectivity index (χ1) is 5.83. The fraction of sp³-hybridized carbons (Fsp3) is 0. The van der Waals surface area contributed by atoms with Crippen molar-refractivity contribution in [1.82, 2.24) is 9.38 Å². The second-order valence-electron chi connectivity index (χ2n) is 2.32. The van der Waals surface area contributed by atoms with E-state index in [1.54, 1.807) is 23.0 Å². The molecular formula is C8H4BrN3. The summed E-state index contributed by atoms with van der Waals surface area (Å²) in [5, 5.41) is 8.73. The number of rotatable bonds is 0. The molecule has 0 aliphatic carbocycles. The first-order valence-corrected chi connectivity index (χ1v) is 4.13. The van der Waals surface area contributed by atoms with E-state index in [1.807, 2.05) is 6.07 Å². The van der Waals surface area contributed by atoms with Crippen LogP contribution in [-0.4, -0.2) is 9.38 Å². The predicted octanol–water partition coefficient (Wildman–Crippen LogP) is 1.97. The molecule has 0 bridgehead atoms. The van der Waals surface area contributed by atoms with Crippen LogP contribution >= 0.6 is 15.9 Å². The lowest BCUT2D eigenvalue weighted by molar-refractivity contribution is 1.07. The van der Waals surface area contributed by atoms with Crippen molar-refractivity contribution < 1.29 is 0 Å². The Bertz CT molecular complexity index is 467. The van der Waals surface area contributed by atoms with Crippen molar-refractivity contribution in [2.45, 2.75) is 0 Å². The minimum Gasteiger partial charge on any atom is -0.291 e. The largest absolute Gasteiger partial charge is 0.291 e. The van der Waals surface area contributed by atoms with Gasteiger partial charge in [-0.2, -0.15) is 5.26 Å². The van der Waals surface area contributed by atoms with Crippen LogP contribution in [0.15, 0.2) is 29.1 Å². The molecule has 0 unspecified atom stereocenters. The van der Waals surface area contributed by atoms with Crippen LogP contribution in [0.4, 0.5) is 0 Å². The molecule has 0 saturated carbocycles. The number of nitrogens with zero attached hydrogens (tertiary/aromatic N) is 3. The van der Waals surface area contributed by atoms with Crippen LogP contribution in [0, 0.1) is 11.3 Å². The third-order valence-corrected chi connectivity index (χ3v) is 2.28. The highest BCUT2D eigenvalue weighted by Gasteiger charge is 2.04. The third-order valence-electron chi connectivity index (χ3n) is 1.64. The van der Waals surface area contributed by atoms with E-state index in [0.29, 0.717) is 5.69 Å². The summed E-state index contributed by atoms with van der Waals surface area (Å²) in [6, 6.07) is 5.71. The van der Waals surface area contributed by atoms with Gasteiger partial charge in [-0.05, 0) is 28.1 Å². The molecule has 2 rings (SSSR count). The van der Waals surface area contributed by atoms with Crippen molar-refractivity contribution in [2.24, 2.45) is 0 Å². The Morgan fingerprint density at radius 1 is 1.58 bits per heavy atom. The van der Waals surface area contributed by atoms with Crippen LogP contribution in [0.2, 0.25) is 0 Å². The molecule has 0 amide bonds. The molecule has 0 N–H and O–H groups in total. The van der Waals surface area contributed by atoms with Crippen molar-refractivity contribution >= 4 is 21.4 Å². The molecular weight excluding hydrogens is 218 g/mol. The van der Waals surface area contributed by atoms with Crippen molar-refractivity contribution in [3.63, 3.8) is 0 Å². The predicted molar refractivity (Wildman–Crippen MR) is 47.6 cm³/mol. The molecule has 2 aromatic heterocycles. The van der Waals surface area contributed by atoms with Gasteiger partial charge < -0.3 is 0 Å². The van der Waals surface area contributed by atoms with E-state index in [1.165, 1.54) is 0 Å². The number of aromatic nitrogens is 2. The highest BCUT2D eigenvalue weighted by Crippen LogP contribution is 2.20. The molecule has 2 aromatic rings. The quantitative estimate of drug-likeness (QED) is 0.683. The lowest BCUT2D eigenvalue weighted by Crippen LogP contribution is -1.87. The molecule has 0 spiro atoms. The van der Waals surface area contributed by atoms with E-state index in [2.05, 4.69) is 27.0 Å². The lowest BCUT2D eigenvalue weighted by Gasteiger charge is -1.92. The third kappa shape index (κ3) is 0.908. The Morgan fingerprint density at radius 3 is 3.17 bits per heavy atom.